The van der Waals surface area contributed by atoms with E-state index in [0.29, 0.717) is 12.4 Å². The highest BCUT2D eigenvalue weighted by Gasteiger charge is 2.15. The largest absolute Gasteiger partial charge is 0.497 e. The second kappa shape index (κ2) is 6.10. The number of carbonyl (C=O) groups is 1. The van der Waals surface area contributed by atoms with Crippen LogP contribution in [0, 0.1) is 0 Å². The average molecular weight is 275 g/mol. The fourth-order valence-corrected chi connectivity index (χ4v) is 1.87. The molecule has 0 bridgehead atoms. The molecule has 0 atom stereocenters. The Bertz CT molecular complexity index is 590. The number of benzene rings is 1. The second-order valence-corrected chi connectivity index (χ2v) is 4.26. The van der Waals surface area contributed by atoms with Gasteiger partial charge in [0.25, 0.3) is 0 Å². The smallest absolute Gasteiger partial charge is 0.360 e. The number of aromatic nitrogens is 2. The number of esters is 1. The third kappa shape index (κ3) is 2.90. The SMILES string of the molecule is COC(=O)c1ncn(CCc2ccc(OC)cc2)c1N. The summed E-state index contributed by atoms with van der Waals surface area (Å²) in [6, 6.07) is 7.80. The minimum Gasteiger partial charge on any atom is -0.497 e. The van der Waals surface area contributed by atoms with E-state index in [0.717, 1.165) is 17.7 Å². The summed E-state index contributed by atoms with van der Waals surface area (Å²) in [5.41, 5.74) is 7.18. The zero-order chi connectivity index (χ0) is 14.5. The van der Waals surface area contributed by atoms with E-state index in [1.807, 2.05) is 24.3 Å². The van der Waals surface area contributed by atoms with E-state index in [2.05, 4.69) is 9.72 Å². The van der Waals surface area contributed by atoms with Crippen molar-refractivity contribution in [1.29, 1.82) is 0 Å². The topological polar surface area (TPSA) is 79.4 Å². The van der Waals surface area contributed by atoms with Crippen molar-refractivity contribution in [2.45, 2.75) is 13.0 Å². The van der Waals surface area contributed by atoms with Gasteiger partial charge in [-0.05, 0) is 24.1 Å². The highest BCUT2D eigenvalue weighted by atomic mass is 16.5. The number of aryl methyl sites for hydroxylation is 2. The van der Waals surface area contributed by atoms with E-state index in [1.54, 1.807) is 18.0 Å². The molecule has 1 aromatic carbocycles. The van der Waals surface area contributed by atoms with E-state index < -0.39 is 5.97 Å². The molecule has 0 amide bonds. The first-order valence-electron chi connectivity index (χ1n) is 6.17. The van der Waals surface area contributed by atoms with Crippen LogP contribution < -0.4 is 10.5 Å². The lowest BCUT2D eigenvalue weighted by Crippen LogP contribution is -2.09. The van der Waals surface area contributed by atoms with Crippen LogP contribution in [0.25, 0.3) is 0 Å². The van der Waals surface area contributed by atoms with Crippen LogP contribution in [0.3, 0.4) is 0 Å². The number of hydrogen-bond donors (Lipinski definition) is 1. The molecule has 0 aliphatic rings. The summed E-state index contributed by atoms with van der Waals surface area (Å²) in [5.74, 6) is 0.625. The Morgan fingerprint density at radius 1 is 1.30 bits per heavy atom. The van der Waals surface area contributed by atoms with Crippen LogP contribution >= 0.6 is 0 Å². The summed E-state index contributed by atoms with van der Waals surface area (Å²) in [7, 11) is 2.94. The maximum absolute atomic E-state index is 11.4. The molecule has 1 heterocycles. The highest BCUT2D eigenvalue weighted by molar-refractivity contribution is 5.92. The number of anilines is 1. The van der Waals surface area contributed by atoms with Gasteiger partial charge in [0.1, 0.15) is 11.6 Å². The van der Waals surface area contributed by atoms with Crippen LogP contribution in [-0.4, -0.2) is 29.7 Å². The van der Waals surface area contributed by atoms with Crippen molar-refractivity contribution >= 4 is 11.8 Å². The van der Waals surface area contributed by atoms with Crippen molar-refractivity contribution in [2.24, 2.45) is 0 Å². The van der Waals surface area contributed by atoms with Gasteiger partial charge >= 0.3 is 5.97 Å². The van der Waals surface area contributed by atoms with E-state index >= 15 is 0 Å². The van der Waals surface area contributed by atoms with Crippen molar-refractivity contribution in [2.75, 3.05) is 20.0 Å². The van der Waals surface area contributed by atoms with E-state index in [1.165, 1.54) is 7.11 Å². The van der Waals surface area contributed by atoms with Gasteiger partial charge in [0, 0.05) is 6.54 Å². The first kappa shape index (κ1) is 13.9. The normalized spacial score (nSPS) is 10.3. The van der Waals surface area contributed by atoms with Crippen LogP contribution in [-0.2, 0) is 17.7 Å². The molecule has 6 nitrogen and oxygen atoms in total. The molecule has 0 spiro atoms. The number of nitrogen functional groups attached to an aromatic ring is 1. The number of rotatable bonds is 5. The van der Waals surface area contributed by atoms with Gasteiger partial charge in [-0.15, -0.1) is 0 Å². The maximum atomic E-state index is 11.4. The van der Waals surface area contributed by atoms with Gasteiger partial charge in [0.2, 0.25) is 0 Å². The van der Waals surface area contributed by atoms with E-state index in [4.69, 9.17) is 10.5 Å². The van der Waals surface area contributed by atoms with Crippen molar-refractivity contribution in [3.63, 3.8) is 0 Å². The van der Waals surface area contributed by atoms with Gasteiger partial charge in [-0.3, -0.25) is 0 Å². The molecule has 2 aromatic rings. The van der Waals surface area contributed by atoms with Crippen molar-refractivity contribution in [3.8, 4) is 5.75 Å². The third-order valence-corrected chi connectivity index (χ3v) is 3.06. The molecule has 0 fully saturated rings. The Balaban J connectivity index is 2.03. The average Bonchev–Trinajstić information content (AvgIpc) is 2.86. The van der Waals surface area contributed by atoms with Crippen LogP contribution in [0.15, 0.2) is 30.6 Å². The standard InChI is InChI=1S/C14H17N3O3/c1-19-11-5-3-10(4-6-11)7-8-17-9-16-12(13(17)15)14(18)20-2/h3-6,9H,7-8,15H2,1-2H3. The Kier molecular flexibility index (Phi) is 4.24. The lowest BCUT2D eigenvalue weighted by molar-refractivity contribution is 0.0596. The molecule has 6 heteroatoms. The zero-order valence-corrected chi connectivity index (χ0v) is 11.5. The number of ether oxygens (including phenoxy) is 2. The van der Waals surface area contributed by atoms with Crippen LogP contribution in [0.5, 0.6) is 5.75 Å². The van der Waals surface area contributed by atoms with Crippen LogP contribution in [0.4, 0.5) is 5.82 Å². The van der Waals surface area contributed by atoms with Gasteiger partial charge in [-0.25, -0.2) is 9.78 Å². The monoisotopic (exact) mass is 275 g/mol. The van der Waals surface area contributed by atoms with Crippen molar-refractivity contribution in [3.05, 3.63) is 41.9 Å². The molecule has 20 heavy (non-hydrogen) atoms. The Morgan fingerprint density at radius 2 is 2.00 bits per heavy atom. The quantitative estimate of drug-likeness (QED) is 0.836. The molecule has 2 rings (SSSR count). The molecular weight excluding hydrogens is 258 g/mol. The van der Waals surface area contributed by atoms with Crippen LogP contribution in [0.1, 0.15) is 16.1 Å². The third-order valence-electron chi connectivity index (χ3n) is 3.06. The second-order valence-electron chi connectivity index (χ2n) is 4.26. The van der Waals surface area contributed by atoms with Crippen molar-refractivity contribution in [1.82, 2.24) is 9.55 Å². The fourth-order valence-electron chi connectivity index (χ4n) is 1.87. The summed E-state index contributed by atoms with van der Waals surface area (Å²) >= 11 is 0. The Morgan fingerprint density at radius 3 is 2.60 bits per heavy atom. The molecule has 0 unspecified atom stereocenters. The zero-order valence-electron chi connectivity index (χ0n) is 11.5. The number of nitrogens with two attached hydrogens (primary N) is 1. The lowest BCUT2D eigenvalue weighted by Gasteiger charge is -2.06. The minimum atomic E-state index is -0.523. The highest BCUT2D eigenvalue weighted by Crippen LogP contribution is 2.15. The van der Waals surface area contributed by atoms with E-state index in [-0.39, 0.29) is 5.69 Å². The maximum Gasteiger partial charge on any atom is 0.360 e. The number of carbonyl (C=O) groups excluding carboxylic acids is 1. The summed E-state index contributed by atoms with van der Waals surface area (Å²) in [5, 5.41) is 0. The predicted molar refractivity (Wildman–Crippen MR) is 74.7 cm³/mol. The Labute approximate surface area is 117 Å². The molecule has 2 N–H and O–H groups in total. The van der Waals surface area contributed by atoms with Crippen molar-refractivity contribution < 1.29 is 14.3 Å². The first-order valence-corrected chi connectivity index (χ1v) is 6.17. The molecule has 1 aromatic heterocycles. The van der Waals surface area contributed by atoms with Gasteiger partial charge in [0.15, 0.2) is 5.69 Å². The molecule has 0 saturated carbocycles. The summed E-state index contributed by atoms with van der Waals surface area (Å²) < 4.78 is 11.4. The summed E-state index contributed by atoms with van der Waals surface area (Å²) in [6.45, 7) is 0.641. The molecule has 106 valence electrons. The number of hydrogen-bond acceptors (Lipinski definition) is 5. The van der Waals surface area contributed by atoms with Gasteiger partial charge in [0.05, 0.1) is 20.5 Å². The molecule has 0 saturated heterocycles. The molecule has 0 radical (unpaired) electrons. The number of imidazole rings is 1. The summed E-state index contributed by atoms with van der Waals surface area (Å²) in [4.78, 5) is 15.4. The first-order chi connectivity index (χ1) is 9.65. The lowest BCUT2D eigenvalue weighted by atomic mass is 10.1. The van der Waals surface area contributed by atoms with Gasteiger partial charge in [-0.1, -0.05) is 12.1 Å². The minimum absolute atomic E-state index is 0.155. The van der Waals surface area contributed by atoms with Crippen LogP contribution in [0.2, 0.25) is 0 Å². The molecule has 0 aliphatic heterocycles. The van der Waals surface area contributed by atoms with E-state index in [9.17, 15) is 4.79 Å². The summed E-state index contributed by atoms with van der Waals surface area (Å²) in [6.07, 6.45) is 2.33. The fraction of sp³-hybridized carbons (Fsp3) is 0.286. The number of nitrogens with zero attached hydrogens (tertiary/aromatic N) is 2. The molecular formula is C14H17N3O3. The Hall–Kier alpha value is -2.50. The molecule has 0 aliphatic carbocycles. The number of methoxy groups -OCH3 is 2. The predicted octanol–water partition coefficient (Wildman–Crippen LogP) is 1.50. The van der Waals surface area contributed by atoms with Gasteiger partial charge < -0.3 is 19.8 Å². The van der Waals surface area contributed by atoms with Gasteiger partial charge in [-0.2, -0.15) is 0 Å².